The molecule has 1 atom stereocenters. The Bertz CT molecular complexity index is 432. The lowest BCUT2D eigenvalue weighted by Gasteiger charge is -2.34. The standard InChI is InChI=1S/C14H20N2O2/c1-15(2)12-7-5-6-11(10-12)13-8-3-4-9-16(13)14(17)18/h5-7,10,13H,3-4,8-9H2,1-2H3,(H,17,18). The summed E-state index contributed by atoms with van der Waals surface area (Å²) < 4.78 is 0. The first-order valence-electron chi connectivity index (χ1n) is 6.36. The fourth-order valence-corrected chi connectivity index (χ4v) is 2.52. The highest BCUT2D eigenvalue weighted by Gasteiger charge is 2.27. The van der Waals surface area contributed by atoms with E-state index in [1.807, 2.05) is 37.2 Å². The van der Waals surface area contributed by atoms with E-state index in [2.05, 4.69) is 6.07 Å². The zero-order chi connectivity index (χ0) is 13.1. The Morgan fingerprint density at radius 1 is 1.39 bits per heavy atom. The van der Waals surface area contributed by atoms with Gasteiger partial charge in [-0.05, 0) is 37.0 Å². The van der Waals surface area contributed by atoms with Gasteiger partial charge in [-0.3, -0.25) is 0 Å². The number of amides is 1. The van der Waals surface area contributed by atoms with Crippen molar-refractivity contribution in [3.05, 3.63) is 29.8 Å². The normalized spacial score (nSPS) is 19.7. The molecule has 18 heavy (non-hydrogen) atoms. The number of nitrogens with zero attached hydrogens (tertiary/aromatic N) is 2. The second-order valence-electron chi connectivity index (χ2n) is 4.98. The van der Waals surface area contributed by atoms with Gasteiger partial charge in [0.25, 0.3) is 0 Å². The Balaban J connectivity index is 2.28. The van der Waals surface area contributed by atoms with Crippen LogP contribution < -0.4 is 4.90 Å². The lowest BCUT2D eigenvalue weighted by atomic mass is 9.95. The Labute approximate surface area is 108 Å². The SMILES string of the molecule is CN(C)c1cccc(C2CCCCN2C(=O)O)c1. The second-order valence-corrected chi connectivity index (χ2v) is 4.98. The number of carbonyl (C=O) groups is 1. The van der Waals surface area contributed by atoms with Gasteiger partial charge in [-0.1, -0.05) is 12.1 Å². The van der Waals surface area contributed by atoms with Gasteiger partial charge in [0, 0.05) is 26.3 Å². The van der Waals surface area contributed by atoms with Gasteiger partial charge in [0.1, 0.15) is 0 Å². The molecule has 1 aliphatic heterocycles. The van der Waals surface area contributed by atoms with E-state index >= 15 is 0 Å². The lowest BCUT2D eigenvalue weighted by molar-refractivity contribution is 0.107. The number of anilines is 1. The van der Waals surface area contributed by atoms with Gasteiger partial charge < -0.3 is 14.9 Å². The van der Waals surface area contributed by atoms with E-state index in [0.29, 0.717) is 6.54 Å². The van der Waals surface area contributed by atoms with Crippen molar-refractivity contribution in [3.63, 3.8) is 0 Å². The average molecular weight is 248 g/mol. The van der Waals surface area contributed by atoms with Crippen molar-refractivity contribution in [2.24, 2.45) is 0 Å². The smallest absolute Gasteiger partial charge is 0.407 e. The zero-order valence-electron chi connectivity index (χ0n) is 11.0. The van der Waals surface area contributed by atoms with Crippen LogP contribution in [0.1, 0.15) is 30.9 Å². The molecule has 4 nitrogen and oxygen atoms in total. The van der Waals surface area contributed by atoms with Crippen LogP contribution in [0, 0.1) is 0 Å². The number of piperidine rings is 1. The van der Waals surface area contributed by atoms with Crippen LogP contribution >= 0.6 is 0 Å². The van der Waals surface area contributed by atoms with Gasteiger partial charge >= 0.3 is 6.09 Å². The maximum absolute atomic E-state index is 11.3. The highest BCUT2D eigenvalue weighted by molar-refractivity contribution is 5.66. The van der Waals surface area contributed by atoms with Crippen LogP contribution in [0.3, 0.4) is 0 Å². The van der Waals surface area contributed by atoms with Crippen molar-refractivity contribution < 1.29 is 9.90 Å². The van der Waals surface area contributed by atoms with Crippen LogP contribution in [-0.4, -0.2) is 36.7 Å². The molecule has 2 rings (SSSR count). The summed E-state index contributed by atoms with van der Waals surface area (Å²) in [6.07, 6.45) is 2.18. The predicted octanol–water partition coefficient (Wildman–Crippen LogP) is 2.96. The first-order chi connectivity index (χ1) is 8.59. The number of hydrogen-bond donors (Lipinski definition) is 1. The molecule has 1 unspecified atom stereocenters. The largest absolute Gasteiger partial charge is 0.465 e. The van der Waals surface area contributed by atoms with E-state index in [0.717, 1.165) is 30.5 Å². The fourth-order valence-electron chi connectivity index (χ4n) is 2.52. The number of likely N-dealkylation sites (tertiary alicyclic amines) is 1. The van der Waals surface area contributed by atoms with Gasteiger partial charge in [0.05, 0.1) is 6.04 Å². The summed E-state index contributed by atoms with van der Waals surface area (Å²) in [5.41, 5.74) is 2.21. The number of hydrogen-bond acceptors (Lipinski definition) is 2. The predicted molar refractivity (Wildman–Crippen MR) is 72.1 cm³/mol. The molecule has 0 aliphatic carbocycles. The molecule has 0 radical (unpaired) electrons. The Morgan fingerprint density at radius 3 is 2.83 bits per heavy atom. The minimum absolute atomic E-state index is 0.0103. The maximum Gasteiger partial charge on any atom is 0.407 e. The molecular weight excluding hydrogens is 228 g/mol. The summed E-state index contributed by atoms with van der Waals surface area (Å²) in [6.45, 7) is 0.645. The van der Waals surface area contributed by atoms with Gasteiger partial charge in [0.15, 0.2) is 0 Å². The van der Waals surface area contributed by atoms with Crippen molar-refractivity contribution in [1.82, 2.24) is 4.90 Å². The van der Waals surface area contributed by atoms with Crippen LogP contribution in [0.4, 0.5) is 10.5 Å². The van der Waals surface area contributed by atoms with Crippen LogP contribution in [0.2, 0.25) is 0 Å². The third-order valence-electron chi connectivity index (χ3n) is 3.52. The molecule has 1 saturated heterocycles. The molecular formula is C14H20N2O2. The first kappa shape index (κ1) is 12.7. The molecule has 1 aromatic rings. The number of benzene rings is 1. The van der Waals surface area contributed by atoms with E-state index in [1.54, 1.807) is 4.90 Å². The van der Waals surface area contributed by atoms with Crippen molar-refractivity contribution >= 4 is 11.8 Å². The van der Waals surface area contributed by atoms with Crippen LogP contribution in [0.15, 0.2) is 24.3 Å². The molecule has 1 aromatic carbocycles. The molecule has 0 bridgehead atoms. The Kier molecular flexibility index (Phi) is 3.75. The molecule has 98 valence electrons. The minimum Gasteiger partial charge on any atom is -0.465 e. The van der Waals surface area contributed by atoms with Crippen molar-refractivity contribution in [2.75, 3.05) is 25.5 Å². The molecule has 1 N–H and O–H groups in total. The molecule has 0 saturated carbocycles. The first-order valence-corrected chi connectivity index (χ1v) is 6.36. The van der Waals surface area contributed by atoms with Crippen molar-refractivity contribution in [3.8, 4) is 0 Å². The molecule has 0 aromatic heterocycles. The molecule has 0 spiro atoms. The third kappa shape index (κ3) is 2.58. The molecule has 4 heteroatoms. The lowest BCUT2D eigenvalue weighted by Crippen LogP contribution is -2.37. The summed E-state index contributed by atoms with van der Waals surface area (Å²) in [5.74, 6) is 0. The average Bonchev–Trinajstić information content (AvgIpc) is 2.39. The molecule has 1 heterocycles. The van der Waals surface area contributed by atoms with Gasteiger partial charge in [0.2, 0.25) is 0 Å². The van der Waals surface area contributed by atoms with E-state index in [-0.39, 0.29) is 6.04 Å². The quantitative estimate of drug-likeness (QED) is 0.875. The maximum atomic E-state index is 11.3. The highest BCUT2D eigenvalue weighted by atomic mass is 16.4. The zero-order valence-corrected chi connectivity index (χ0v) is 11.0. The summed E-state index contributed by atoms with van der Waals surface area (Å²) in [6, 6.07) is 8.16. The van der Waals surface area contributed by atoms with Gasteiger partial charge in [-0.2, -0.15) is 0 Å². The van der Waals surface area contributed by atoms with Crippen molar-refractivity contribution in [1.29, 1.82) is 0 Å². The van der Waals surface area contributed by atoms with Crippen molar-refractivity contribution in [2.45, 2.75) is 25.3 Å². The summed E-state index contributed by atoms with van der Waals surface area (Å²) >= 11 is 0. The minimum atomic E-state index is -0.810. The van der Waals surface area contributed by atoms with Crippen LogP contribution in [0.5, 0.6) is 0 Å². The molecule has 1 fully saturated rings. The number of rotatable bonds is 2. The topological polar surface area (TPSA) is 43.8 Å². The van der Waals surface area contributed by atoms with Gasteiger partial charge in [-0.25, -0.2) is 4.79 Å². The third-order valence-corrected chi connectivity index (χ3v) is 3.52. The Hall–Kier alpha value is -1.71. The highest BCUT2D eigenvalue weighted by Crippen LogP contribution is 2.32. The van der Waals surface area contributed by atoms with E-state index in [4.69, 9.17) is 0 Å². The summed E-state index contributed by atoms with van der Waals surface area (Å²) in [7, 11) is 3.99. The summed E-state index contributed by atoms with van der Waals surface area (Å²) in [5, 5.41) is 9.26. The van der Waals surface area contributed by atoms with Gasteiger partial charge in [-0.15, -0.1) is 0 Å². The molecule has 1 aliphatic rings. The van der Waals surface area contributed by atoms with E-state index < -0.39 is 6.09 Å². The van der Waals surface area contributed by atoms with Crippen LogP contribution in [-0.2, 0) is 0 Å². The van der Waals surface area contributed by atoms with E-state index in [9.17, 15) is 9.90 Å². The monoisotopic (exact) mass is 248 g/mol. The summed E-state index contributed by atoms with van der Waals surface area (Å²) in [4.78, 5) is 14.9. The van der Waals surface area contributed by atoms with E-state index in [1.165, 1.54) is 0 Å². The fraction of sp³-hybridized carbons (Fsp3) is 0.500. The second kappa shape index (κ2) is 5.29. The number of carboxylic acid groups (broad SMARTS) is 1. The molecule has 1 amide bonds. The van der Waals surface area contributed by atoms with Crippen LogP contribution in [0.25, 0.3) is 0 Å². The Morgan fingerprint density at radius 2 is 2.17 bits per heavy atom.